The molecule has 0 spiro atoms. The molecule has 1 aliphatic rings. The number of hydrazone groups is 1. The molecule has 1 aliphatic heterocycles. The molecule has 84 valence electrons. The largest absolute Gasteiger partial charge is 0.367 e. The molecule has 0 amide bonds. The number of hydrogen-bond acceptors (Lipinski definition) is 3. The minimum Gasteiger partial charge on any atom is -0.273 e. The number of hydrogen-bond donors (Lipinski definition) is 3. The van der Waals surface area contributed by atoms with E-state index < -0.39 is 0 Å². The zero-order valence-electron chi connectivity index (χ0n) is 9.05. The molecule has 4 nitrogen and oxygen atoms in total. The molecule has 2 rings (SSSR count). The number of halogens is 1. The van der Waals surface area contributed by atoms with E-state index in [0.29, 0.717) is 0 Å². The van der Waals surface area contributed by atoms with Gasteiger partial charge in [0.2, 0.25) is 0 Å². The Morgan fingerprint density at radius 2 is 2.19 bits per heavy atom. The lowest BCUT2D eigenvalue weighted by Crippen LogP contribution is -2.73. The Labute approximate surface area is 99.4 Å². The molecule has 1 aromatic rings. The second kappa shape index (κ2) is 4.99. The van der Waals surface area contributed by atoms with Gasteiger partial charge >= 0.3 is 5.96 Å². The van der Waals surface area contributed by atoms with Crippen molar-refractivity contribution < 1.29 is 4.99 Å². The van der Waals surface area contributed by atoms with Crippen molar-refractivity contribution in [1.82, 2.24) is 10.7 Å². The third-order valence-electron chi connectivity index (χ3n) is 2.33. The molecule has 1 aromatic carbocycles. The fourth-order valence-electron chi connectivity index (χ4n) is 1.41. The maximum absolute atomic E-state index is 5.82. The van der Waals surface area contributed by atoms with E-state index in [1.165, 1.54) is 0 Å². The number of nitrogens with one attached hydrogen (secondary N) is 3. The monoisotopic (exact) mass is 237 g/mol. The highest BCUT2D eigenvalue weighted by atomic mass is 35.5. The summed E-state index contributed by atoms with van der Waals surface area (Å²) in [7, 11) is 0. The van der Waals surface area contributed by atoms with E-state index in [4.69, 9.17) is 11.6 Å². The van der Waals surface area contributed by atoms with Crippen LogP contribution in [0.2, 0.25) is 5.02 Å². The van der Waals surface area contributed by atoms with Crippen LogP contribution in [0.4, 0.5) is 0 Å². The van der Waals surface area contributed by atoms with Crippen molar-refractivity contribution in [2.24, 2.45) is 5.10 Å². The molecule has 0 fully saturated rings. The molecule has 0 aromatic heterocycles. The van der Waals surface area contributed by atoms with Crippen LogP contribution in [0, 0.1) is 0 Å². The van der Waals surface area contributed by atoms with E-state index >= 15 is 0 Å². The fraction of sp³-hybridized carbons (Fsp3) is 0.273. The Bertz CT molecular complexity index is 422. The molecule has 0 saturated heterocycles. The van der Waals surface area contributed by atoms with Crippen molar-refractivity contribution in [3.63, 3.8) is 0 Å². The van der Waals surface area contributed by atoms with Crippen LogP contribution < -0.4 is 15.7 Å². The highest BCUT2D eigenvalue weighted by Crippen LogP contribution is 2.09. The number of benzene rings is 1. The molecular formula is C11H14ClN4+. The molecule has 0 unspecified atom stereocenters. The third kappa shape index (κ3) is 2.73. The number of rotatable bonds is 2. The standard InChI is InChI=1S/C11H13ClN4/c1-8(9-2-4-10(12)5-3-9)15-16-11-13-6-7-14-11/h2-5H,6-7H2,1H3,(H2,13,14,16)/p+1. The minimum atomic E-state index is 0.734. The number of nitrogens with zero attached hydrogens (tertiary/aromatic N) is 1. The quantitative estimate of drug-likeness (QED) is 0.489. The molecule has 16 heavy (non-hydrogen) atoms. The van der Waals surface area contributed by atoms with Crippen molar-refractivity contribution in [1.29, 1.82) is 0 Å². The molecule has 0 atom stereocenters. The molecule has 0 saturated carbocycles. The minimum absolute atomic E-state index is 0.734. The van der Waals surface area contributed by atoms with Crippen LogP contribution in [0.5, 0.6) is 0 Å². The molecule has 5 heteroatoms. The van der Waals surface area contributed by atoms with E-state index in [9.17, 15) is 0 Å². The maximum Gasteiger partial charge on any atom is 0.367 e. The lowest BCUT2D eigenvalue weighted by molar-refractivity contribution is -0.446. The van der Waals surface area contributed by atoms with Gasteiger partial charge in [-0.3, -0.25) is 10.3 Å². The van der Waals surface area contributed by atoms with E-state index in [0.717, 1.165) is 35.3 Å². The van der Waals surface area contributed by atoms with Crippen molar-refractivity contribution in [2.45, 2.75) is 6.92 Å². The summed E-state index contributed by atoms with van der Waals surface area (Å²) in [5.74, 6) is 0.855. The summed E-state index contributed by atoms with van der Waals surface area (Å²) in [6, 6.07) is 7.61. The Balaban J connectivity index is 2.03. The first-order chi connectivity index (χ1) is 7.75. The predicted molar refractivity (Wildman–Crippen MR) is 65.6 cm³/mol. The highest BCUT2D eigenvalue weighted by Gasteiger charge is 2.10. The van der Waals surface area contributed by atoms with E-state index in [1.807, 2.05) is 31.2 Å². The van der Waals surface area contributed by atoms with Crippen LogP contribution >= 0.6 is 11.6 Å². The van der Waals surface area contributed by atoms with Crippen LogP contribution in [0.15, 0.2) is 29.4 Å². The van der Waals surface area contributed by atoms with Gasteiger partial charge in [-0.25, -0.2) is 0 Å². The molecule has 1 heterocycles. The summed E-state index contributed by atoms with van der Waals surface area (Å²) >= 11 is 5.82. The van der Waals surface area contributed by atoms with Gasteiger partial charge in [-0.05, 0) is 24.6 Å². The maximum atomic E-state index is 5.82. The van der Waals surface area contributed by atoms with Crippen molar-refractivity contribution >= 4 is 23.3 Å². The summed E-state index contributed by atoms with van der Waals surface area (Å²) in [5, 5.41) is 8.14. The van der Waals surface area contributed by atoms with Gasteiger partial charge in [-0.2, -0.15) is 5.43 Å². The van der Waals surface area contributed by atoms with Gasteiger partial charge in [-0.1, -0.05) is 23.7 Å². The first-order valence-corrected chi connectivity index (χ1v) is 5.54. The van der Waals surface area contributed by atoms with Gasteiger partial charge < -0.3 is 0 Å². The van der Waals surface area contributed by atoms with Crippen molar-refractivity contribution in [3.05, 3.63) is 34.9 Å². The summed E-state index contributed by atoms with van der Waals surface area (Å²) in [5.41, 5.74) is 4.91. The zero-order valence-corrected chi connectivity index (χ0v) is 9.80. The number of guanidine groups is 1. The normalized spacial score (nSPS) is 15.6. The van der Waals surface area contributed by atoms with Crippen LogP contribution in [0.3, 0.4) is 0 Å². The molecular weight excluding hydrogens is 224 g/mol. The van der Waals surface area contributed by atoms with E-state index in [1.54, 1.807) is 0 Å². The van der Waals surface area contributed by atoms with Crippen LogP contribution in [0.25, 0.3) is 0 Å². The Morgan fingerprint density at radius 1 is 1.44 bits per heavy atom. The first-order valence-electron chi connectivity index (χ1n) is 5.16. The van der Waals surface area contributed by atoms with Crippen molar-refractivity contribution in [2.75, 3.05) is 13.1 Å². The molecule has 0 aliphatic carbocycles. The lowest BCUT2D eigenvalue weighted by atomic mass is 10.1. The van der Waals surface area contributed by atoms with Crippen LogP contribution in [-0.4, -0.2) is 24.8 Å². The first kappa shape index (κ1) is 11.0. The Kier molecular flexibility index (Phi) is 3.41. The van der Waals surface area contributed by atoms with E-state index in [-0.39, 0.29) is 0 Å². The second-order valence-electron chi connectivity index (χ2n) is 3.54. The van der Waals surface area contributed by atoms with Crippen LogP contribution in [-0.2, 0) is 0 Å². The summed E-state index contributed by atoms with van der Waals surface area (Å²) < 4.78 is 0. The SMILES string of the molecule is CC(=NNC1=[NH+]CCN1)c1ccc(Cl)cc1. The van der Waals surface area contributed by atoms with Crippen molar-refractivity contribution in [3.8, 4) is 0 Å². The van der Waals surface area contributed by atoms with Gasteiger partial charge in [0.05, 0.1) is 18.8 Å². The van der Waals surface area contributed by atoms with Gasteiger partial charge in [0, 0.05) is 5.02 Å². The summed E-state index contributed by atoms with van der Waals surface area (Å²) in [6.07, 6.45) is 0. The van der Waals surface area contributed by atoms with Gasteiger partial charge in [0.1, 0.15) is 0 Å². The van der Waals surface area contributed by atoms with Gasteiger partial charge in [0.15, 0.2) is 0 Å². The Morgan fingerprint density at radius 3 is 2.81 bits per heavy atom. The summed E-state index contributed by atoms with van der Waals surface area (Å²) in [4.78, 5) is 3.14. The van der Waals surface area contributed by atoms with E-state index in [2.05, 4.69) is 20.8 Å². The Hall–Kier alpha value is -1.55. The van der Waals surface area contributed by atoms with Gasteiger partial charge in [-0.15, -0.1) is 5.10 Å². The average Bonchev–Trinajstić information content (AvgIpc) is 2.80. The fourth-order valence-corrected chi connectivity index (χ4v) is 1.54. The lowest BCUT2D eigenvalue weighted by Gasteiger charge is -1.99. The zero-order chi connectivity index (χ0) is 11.4. The topological polar surface area (TPSA) is 50.4 Å². The predicted octanol–water partition coefficient (Wildman–Crippen LogP) is -0.307. The van der Waals surface area contributed by atoms with Crippen LogP contribution in [0.1, 0.15) is 12.5 Å². The third-order valence-corrected chi connectivity index (χ3v) is 2.58. The van der Waals surface area contributed by atoms with Gasteiger partial charge in [0.25, 0.3) is 0 Å². The molecule has 0 bridgehead atoms. The smallest absolute Gasteiger partial charge is 0.273 e. The molecule has 0 radical (unpaired) electrons. The summed E-state index contributed by atoms with van der Waals surface area (Å²) in [6.45, 7) is 3.81. The average molecular weight is 238 g/mol. The molecule has 3 N–H and O–H groups in total. The second-order valence-corrected chi connectivity index (χ2v) is 3.98. The highest BCUT2D eigenvalue weighted by molar-refractivity contribution is 6.30.